The van der Waals surface area contributed by atoms with Crippen molar-refractivity contribution in [2.75, 3.05) is 0 Å². The molecule has 0 saturated heterocycles. The summed E-state index contributed by atoms with van der Waals surface area (Å²) in [6.45, 7) is 2.95. The first kappa shape index (κ1) is 14.2. The van der Waals surface area contributed by atoms with Gasteiger partial charge in [-0.2, -0.15) is 0 Å². The zero-order valence-electron chi connectivity index (χ0n) is 11.5. The van der Waals surface area contributed by atoms with Gasteiger partial charge in [-0.3, -0.25) is 0 Å². The van der Waals surface area contributed by atoms with E-state index in [0.29, 0.717) is 10.0 Å². The topological polar surface area (TPSA) is 38.0 Å². The summed E-state index contributed by atoms with van der Waals surface area (Å²) in [5, 5.41) is 10.6. The van der Waals surface area contributed by atoms with Crippen LogP contribution in [-0.4, -0.2) is 14.7 Å². The maximum Gasteiger partial charge on any atom is 0.141 e. The summed E-state index contributed by atoms with van der Waals surface area (Å²) < 4.78 is 2.13. The number of benzene rings is 2. The normalized spacial score (nSPS) is 11.2. The molecule has 0 unspecified atom stereocenters. The number of nitrogens with zero attached hydrogens (tertiary/aromatic N) is 2. The highest BCUT2D eigenvalue weighted by Gasteiger charge is 2.13. The van der Waals surface area contributed by atoms with E-state index in [9.17, 15) is 5.11 Å². The van der Waals surface area contributed by atoms with Crippen LogP contribution in [0, 0.1) is 0 Å². The first-order valence-corrected chi connectivity index (χ1v) is 7.50. The fourth-order valence-corrected chi connectivity index (χ4v) is 2.76. The van der Waals surface area contributed by atoms with Gasteiger partial charge in [-0.05, 0) is 42.8 Å². The van der Waals surface area contributed by atoms with Crippen LogP contribution in [0.5, 0.6) is 5.75 Å². The van der Waals surface area contributed by atoms with Crippen molar-refractivity contribution >= 4 is 34.2 Å². The van der Waals surface area contributed by atoms with Crippen molar-refractivity contribution < 1.29 is 5.11 Å². The van der Waals surface area contributed by atoms with E-state index in [4.69, 9.17) is 23.2 Å². The van der Waals surface area contributed by atoms with E-state index >= 15 is 0 Å². The van der Waals surface area contributed by atoms with Crippen molar-refractivity contribution in [3.63, 3.8) is 0 Å². The molecule has 3 rings (SSSR count). The Morgan fingerprint density at radius 2 is 1.95 bits per heavy atom. The molecule has 2 aromatic carbocycles. The predicted octanol–water partition coefficient (Wildman–Crippen LogP) is 5.13. The Morgan fingerprint density at radius 1 is 1.14 bits per heavy atom. The Bertz CT molecular complexity index is 811. The summed E-state index contributed by atoms with van der Waals surface area (Å²) in [7, 11) is 0. The van der Waals surface area contributed by atoms with Gasteiger partial charge in [-0.15, -0.1) is 0 Å². The fraction of sp³-hybridized carbons (Fsp3) is 0.188. The molecular weight excluding hydrogens is 307 g/mol. The number of fused-ring (bicyclic) bond motifs is 1. The Morgan fingerprint density at radius 3 is 2.67 bits per heavy atom. The number of aromatic hydroxyl groups is 1. The number of hydrogen-bond donors (Lipinski definition) is 1. The molecular formula is C16H14Cl2N2O. The van der Waals surface area contributed by atoms with Crippen LogP contribution in [0.2, 0.25) is 10.0 Å². The van der Waals surface area contributed by atoms with Gasteiger partial charge >= 0.3 is 0 Å². The number of imidazole rings is 1. The lowest BCUT2D eigenvalue weighted by molar-refractivity contribution is 0.475. The van der Waals surface area contributed by atoms with Gasteiger partial charge in [0.25, 0.3) is 0 Å². The minimum absolute atomic E-state index is 0.0709. The second-order valence-corrected chi connectivity index (χ2v) is 5.73. The zero-order chi connectivity index (χ0) is 15.0. The number of rotatable bonds is 3. The summed E-state index contributed by atoms with van der Waals surface area (Å²) in [6, 6.07) is 10.8. The van der Waals surface area contributed by atoms with Gasteiger partial charge in [0.2, 0.25) is 0 Å². The van der Waals surface area contributed by atoms with Crippen LogP contribution < -0.4 is 0 Å². The summed E-state index contributed by atoms with van der Waals surface area (Å²) in [5.41, 5.74) is 2.77. The second kappa shape index (κ2) is 5.58. The highest BCUT2D eigenvalue weighted by atomic mass is 35.5. The van der Waals surface area contributed by atoms with E-state index in [1.165, 1.54) is 0 Å². The van der Waals surface area contributed by atoms with Gasteiger partial charge in [0.15, 0.2) is 0 Å². The molecule has 0 aliphatic heterocycles. The van der Waals surface area contributed by atoms with Gasteiger partial charge < -0.3 is 9.67 Å². The van der Waals surface area contributed by atoms with E-state index < -0.39 is 0 Å². The van der Waals surface area contributed by atoms with Crippen LogP contribution in [-0.2, 0) is 6.54 Å². The number of aromatic nitrogens is 2. The van der Waals surface area contributed by atoms with E-state index in [0.717, 1.165) is 35.4 Å². The third-order valence-corrected chi connectivity index (χ3v) is 3.90. The summed E-state index contributed by atoms with van der Waals surface area (Å²) in [6.07, 6.45) is 0.983. The molecule has 3 nitrogen and oxygen atoms in total. The summed E-state index contributed by atoms with van der Waals surface area (Å²) in [4.78, 5) is 4.68. The van der Waals surface area contributed by atoms with Crippen molar-refractivity contribution in [3.05, 3.63) is 46.4 Å². The molecule has 0 aliphatic rings. The van der Waals surface area contributed by atoms with Gasteiger partial charge in [0.1, 0.15) is 11.6 Å². The molecule has 1 aromatic heterocycles. The highest BCUT2D eigenvalue weighted by Crippen LogP contribution is 2.31. The SMILES string of the molecule is CCCn1c(-c2ccc(O)c(Cl)c2)nc2ccc(Cl)cc21. The zero-order valence-corrected chi connectivity index (χ0v) is 13.0. The van der Waals surface area contributed by atoms with E-state index in [-0.39, 0.29) is 5.75 Å². The Balaban J connectivity index is 2.25. The number of aryl methyl sites for hydroxylation is 1. The smallest absolute Gasteiger partial charge is 0.141 e. The minimum Gasteiger partial charge on any atom is -0.506 e. The Hall–Kier alpha value is -1.71. The maximum absolute atomic E-state index is 9.56. The Labute approximate surface area is 132 Å². The second-order valence-electron chi connectivity index (χ2n) is 4.89. The standard InChI is InChI=1S/C16H14Cl2N2O/c1-2-7-20-14-9-11(17)4-5-13(14)19-16(20)10-3-6-15(21)12(18)8-10/h3-6,8-9,21H,2,7H2,1H3. The third kappa shape index (κ3) is 2.59. The van der Waals surface area contributed by atoms with Gasteiger partial charge in [0.05, 0.1) is 16.1 Å². The van der Waals surface area contributed by atoms with E-state index in [1.54, 1.807) is 12.1 Å². The molecule has 5 heteroatoms. The van der Waals surface area contributed by atoms with Crippen molar-refractivity contribution in [2.45, 2.75) is 19.9 Å². The first-order valence-electron chi connectivity index (χ1n) is 6.75. The van der Waals surface area contributed by atoms with Crippen LogP contribution >= 0.6 is 23.2 Å². The lowest BCUT2D eigenvalue weighted by Gasteiger charge is -2.08. The summed E-state index contributed by atoms with van der Waals surface area (Å²) in [5.74, 6) is 0.901. The molecule has 0 spiro atoms. The molecule has 0 saturated carbocycles. The molecule has 108 valence electrons. The Kier molecular flexibility index (Phi) is 3.79. The average Bonchev–Trinajstić information content (AvgIpc) is 2.81. The number of phenols is 1. The molecule has 1 N–H and O–H groups in total. The quantitative estimate of drug-likeness (QED) is 0.726. The van der Waals surface area contributed by atoms with E-state index in [2.05, 4.69) is 16.5 Å². The van der Waals surface area contributed by atoms with Gasteiger partial charge in [-0.1, -0.05) is 30.1 Å². The largest absolute Gasteiger partial charge is 0.506 e. The molecule has 0 bridgehead atoms. The lowest BCUT2D eigenvalue weighted by atomic mass is 10.2. The highest BCUT2D eigenvalue weighted by molar-refractivity contribution is 6.32. The number of hydrogen-bond acceptors (Lipinski definition) is 2. The average molecular weight is 321 g/mol. The monoisotopic (exact) mass is 320 g/mol. The summed E-state index contributed by atoms with van der Waals surface area (Å²) >= 11 is 12.1. The molecule has 3 aromatic rings. The van der Waals surface area contributed by atoms with Crippen LogP contribution in [0.3, 0.4) is 0 Å². The fourth-order valence-electron chi connectivity index (χ4n) is 2.41. The van der Waals surface area contributed by atoms with E-state index in [1.807, 2.05) is 24.3 Å². The first-order chi connectivity index (χ1) is 10.1. The van der Waals surface area contributed by atoms with Crippen LogP contribution in [0.15, 0.2) is 36.4 Å². The van der Waals surface area contributed by atoms with Gasteiger partial charge in [-0.25, -0.2) is 4.98 Å². The van der Waals surface area contributed by atoms with Crippen molar-refractivity contribution in [1.82, 2.24) is 9.55 Å². The third-order valence-electron chi connectivity index (χ3n) is 3.36. The molecule has 1 heterocycles. The van der Waals surface area contributed by atoms with Crippen LogP contribution in [0.25, 0.3) is 22.4 Å². The lowest BCUT2D eigenvalue weighted by Crippen LogP contribution is -1.99. The number of phenolic OH excluding ortho intramolecular Hbond substituents is 1. The minimum atomic E-state index is 0.0709. The molecule has 21 heavy (non-hydrogen) atoms. The van der Waals surface area contributed by atoms with Crippen molar-refractivity contribution in [1.29, 1.82) is 0 Å². The van der Waals surface area contributed by atoms with Crippen LogP contribution in [0.4, 0.5) is 0 Å². The predicted molar refractivity (Wildman–Crippen MR) is 87.1 cm³/mol. The molecule has 0 atom stereocenters. The van der Waals surface area contributed by atoms with Crippen molar-refractivity contribution in [3.8, 4) is 17.1 Å². The molecule has 0 fully saturated rings. The van der Waals surface area contributed by atoms with Crippen molar-refractivity contribution in [2.24, 2.45) is 0 Å². The number of halogens is 2. The maximum atomic E-state index is 9.56. The molecule has 0 amide bonds. The molecule has 0 radical (unpaired) electrons. The van der Waals surface area contributed by atoms with Gasteiger partial charge in [0, 0.05) is 17.1 Å². The molecule has 0 aliphatic carbocycles. The van der Waals surface area contributed by atoms with Crippen LogP contribution in [0.1, 0.15) is 13.3 Å².